The number of rotatable bonds is 5. The SMILES string of the molecule is [3H]Nc1nc(OCC)c2ncn([C@H]3C[C@H](O)[C@@H](CO)O3)c2n1. The molecule has 0 saturated carbocycles. The largest absolute Gasteiger partial charge is 0.476 e. The average Bonchev–Trinajstić information content (AvgIpc) is 3.10. The topological polar surface area (TPSA) is 129 Å². The van der Waals surface area contributed by atoms with Crippen molar-refractivity contribution < 1.29 is 21.1 Å². The lowest BCUT2D eigenvalue weighted by Gasteiger charge is -2.13. The summed E-state index contributed by atoms with van der Waals surface area (Å²) in [7, 11) is 0. The molecule has 3 atom stereocenters. The van der Waals surface area contributed by atoms with Crippen molar-refractivity contribution in [2.24, 2.45) is 0 Å². The standard InChI is InChI=1S/C12H17N5O4/c1-2-20-11-9-10(15-12(13)16-11)17(5-14-9)8-3-6(19)7(4-18)21-8/h5-8,18-19H,2-4H2,1H3,(H2,13,15,16)/t6-,7+,8+/m0/s1/i/hT. The van der Waals surface area contributed by atoms with Gasteiger partial charge < -0.3 is 25.4 Å². The monoisotopic (exact) mass is 297 g/mol. The second-order valence-electron chi connectivity index (χ2n) is 4.72. The van der Waals surface area contributed by atoms with E-state index in [1.807, 2.05) is 6.92 Å². The van der Waals surface area contributed by atoms with Crippen LogP contribution in [0, 0.1) is 0 Å². The maximum absolute atomic E-state index is 9.85. The van der Waals surface area contributed by atoms with E-state index in [9.17, 15) is 10.2 Å². The van der Waals surface area contributed by atoms with Gasteiger partial charge in [0.1, 0.15) is 12.3 Å². The number of nitrogens with two attached hydrogens (primary N) is 1. The van der Waals surface area contributed by atoms with Gasteiger partial charge in [-0.2, -0.15) is 9.97 Å². The Morgan fingerprint density at radius 2 is 2.48 bits per heavy atom. The number of fused-ring (bicyclic) bond motifs is 1. The van der Waals surface area contributed by atoms with Crippen molar-refractivity contribution in [3.63, 3.8) is 0 Å². The van der Waals surface area contributed by atoms with Gasteiger partial charge in [-0.15, -0.1) is 0 Å². The lowest BCUT2D eigenvalue weighted by Crippen LogP contribution is -2.24. The molecule has 1 fully saturated rings. The molecular formula is C12H17N5O4. The first kappa shape index (κ1) is 12.7. The number of nitrogens with zero attached hydrogens (tertiary/aromatic N) is 4. The predicted molar refractivity (Wildman–Crippen MR) is 72.5 cm³/mol. The maximum atomic E-state index is 9.85. The van der Waals surface area contributed by atoms with Gasteiger partial charge in [-0.05, 0) is 6.92 Å². The number of anilines is 1. The van der Waals surface area contributed by atoms with Crippen molar-refractivity contribution >= 4 is 17.1 Å². The van der Waals surface area contributed by atoms with E-state index in [2.05, 4.69) is 20.7 Å². The highest BCUT2D eigenvalue weighted by Crippen LogP contribution is 2.32. The predicted octanol–water partition coefficient (Wildman–Crippen LogP) is -0.552. The summed E-state index contributed by atoms with van der Waals surface area (Å²) in [4.78, 5) is 12.5. The highest BCUT2D eigenvalue weighted by atomic mass is 16.5. The molecule has 0 bridgehead atoms. The van der Waals surface area contributed by atoms with Gasteiger partial charge in [0.2, 0.25) is 11.8 Å². The fourth-order valence-electron chi connectivity index (χ4n) is 2.39. The first-order chi connectivity index (χ1) is 10.7. The van der Waals surface area contributed by atoms with Crippen molar-refractivity contribution in [3.8, 4) is 5.88 Å². The van der Waals surface area contributed by atoms with Crippen LogP contribution in [0.15, 0.2) is 6.33 Å². The number of aliphatic hydroxyl groups is 2. The van der Waals surface area contributed by atoms with E-state index in [1.54, 1.807) is 4.57 Å². The summed E-state index contributed by atoms with van der Waals surface area (Å²) in [5, 5.41) is 19.0. The van der Waals surface area contributed by atoms with Crippen LogP contribution in [0.4, 0.5) is 5.95 Å². The Morgan fingerprint density at radius 3 is 3.14 bits per heavy atom. The van der Waals surface area contributed by atoms with E-state index in [4.69, 9.17) is 10.9 Å². The molecule has 0 aromatic carbocycles. The molecule has 1 aliphatic heterocycles. The lowest BCUT2D eigenvalue weighted by atomic mass is 10.2. The van der Waals surface area contributed by atoms with Crippen LogP contribution in [0.5, 0.6) is 5.88 Å². The highest BCUT2D eigenvalue weighted by Gasteiger charge is 2.35. The van der Waals surface area contributed by atoms with Gasteiger partial charge in [0.25, 0.3) is 0 Å². The Balaban J connectivity index is 2.02. The molecule has 114 valence electrons. The normalized spacial score (nSPS) is 26.0. The van der Waals surface area contributed by atoms with Gasteiger partial charge in [-0.25, -0.2) is 4.98 Å². The first-order valence-corrected chi connectivity index (χ1v) is 6.67. The minimum Gasteiger partial charge on any atom is -0.476 e. The van der Waals surface area contributed by atoms with Crippen molar-refractivity contribution in [3.05, 3.63) is 6.33 Å². The number of hydrogen-bond donors (Lipinski definition) is 3. The Bertz CT molecular complexity index is 666. The smallest absolute Gasteiger partial charge is 0.247 e. The van der Waals surface area contributed by atoms with Gasteiger partial charge in [0.05, 0.1) is 25.6 Å². The number of nitrogen functional groups attached to an aromatic ring is 1. The van der Waals surface area contributed by atoms with Gasteiger partial charge >= 0.3 is 0 Å². The summed E-state index contributed by atoms with van der Waals surface area (Å²) >= 11 is 0. The molecule has 1 aliphatic rings. The zero-order valence-corrected chi connectivity index (χ0v) is 11.4. The van der Waals surface area contributed by atoms with Gasteiger partial charge in [0.15, 0.2) is 12.6 Å². The van der Waals surface area contributed by atoms with Crippen LogP contribution in [0.3, 0.4) is 0 Å². The molecule has 4 N–H and O–H groups in total. The molecule has 0 radical (unpaired) electrons. The molecule has 9 nitrogen and oxygen atoms in total. The molecule has 3 heterocycles. The molecule has 3 rings (SSSR count). The zero-order chi connectivity index (χ0) is 15.7. The third kappa shape index (κ3) is 2.39. The molecule has 0 unspecified atom stereocenters. The van der Waals surface area contributed by atoms with Crippen LogP contribution < -0.4 is 10.5 Å². The maximum Gasteiger partial charge on any atom is 0.247 e. The molecule has 0 spiro atoms. The second-order valence-corrected chi connectivity index (χ2v) is 4.72. The van der Waals surface area contributed by atoms with E-state index >= 15 is 0 Å². The molecule has 2 aromatic heterocycles. The average molecular weight is 297 g/mol. The molecule has 21 heavy (non-hydrogen) atoms. The molecule has 0 amide bonds. The second kappa shape index (κ2) is 5.43. The Morgan fingerprint density at radius 1 is 1.62 bits per heavy atom. The van der Waals surface area contributed by atoms with Crippen LogP contribution in [-0.4, -0.2) is 55.2 Å². The number of imidazole rings is 1. The lowest BCUT2D eigenvalue weighted by molar-refractivity contribution is -0.0432. The third-order valence-corrected chi connectivity index (χ3v) is 3.36. The van der Waals surface area contributed by atoms with Crippen molar-refractivity contribution in [2.45, 2.75) is 31.8 Å². The van der Waals surface area contributed by atoms with Crippen LogP contribution in [0.2, 0.25) is 1.41 Å². The summed E-state index contributed by atoms with van der Waals surface area (Å²) < 4.78 is 19.9. The summed E-state index contributed by atoms with van der Waals surface area (Å²) in [6, 6.07) is 0. The molecule has 2 aromatic rings. The third-order valence-electron chi connectivity index (χ3n) is 3.36. The van der Waals surface area contributed by atoms with Crippen molar-refractivity contribution in [1.29, 1.82) is 0 Å². The molecule has 0 aliphatic carbocycles. The Kier molecular flexibility index (Phi) is 3.30. The zero-order valence-electron chi connectivity index (χ0n) is 12.4. The fourth-order valence-corrected chi connectivity index (χ4v) is 2.39. The van der Waals surface area contributed by atoms with Crippen molar-refractivity contribution in [2.75, 3.05) is 18.9 Å². The van der Waals surface area contributed by atoms with Gasteiger partial charge in [0, 0.05) is 6.42 Å². The van der Waals surface area contributed by atoms with Gasteiger partial charge in [-0.3, -0.25) is 4.57 Å². The van der Waals surface area contributed by atoms with Crippen LogP contribution in [0.25, 0.3) is 11.2 Å². The van der Waals surface area contributed by atoms with Crippen LogP contribution in [0.1, 0.15) is 19.6 Å². The van der Waals surface area contributed by atoms with Crippen molar-refractivity contribution in [1.82, 2.24) is 19.5 Å². The summed E-state index contributed by atoms with van der Waals surface area (Å²) in [6.45, 7) is 1.96. The number of hydrogen-bond acceptors (Lipinski definition) is 8. The Hall–Kier alpha value is -1.97. The quantitative estimate of drug-likeness (QED) is 0.670. The fraction of sp³-hybridized carbons (Fsp3) is 0.583. The number of ether oxygens (including phenoxy) is 2. The van der Waals surface area contributed by atoms with Crippen LogP contribution >= 0.6 is 0 Å². The van der Waals surface area contributed by atoms with Crippen LogP contribution in [-0.2, 0) is 4.74 Å². The highest BCUT2D eigenvalue weighted by molar-refractivity contribution is 5.77. The molecular weight excluding hydrogens is 278 g/mol. The van der Waals surface area contributed by atoms with Gasteiger partial charge in [-0.1, -0.05) is 0 Å². The van der Waals surface area contributed by atoms with E-state index in [1.165, 1.54) is 6.33 Å². The minimum absolute atomic E-state index is 0.0787. The summed E-state index contributed by atoms with van der Waals surface area (Å²) in [5.41, 5.74) is 3.02. The Labute approximate surface area is 121 Å². The number of aliphatic hydroxyl groups excluding tert-OH is 2. The van der Waals surface area contributed by atoms with E-state index in [0.717, 1.165) is 0 Å². The molecule has 1 saturated heterocycles. The number of aromatic nitrogens is 4. The summed E-state index contributed by atoms with van der Waals surface area (Å²) in [5.74, 6) is 0.355. The van der Waals surface area contributed by atoms with E-state index < -0.39 is 18.4 Å². The summed E-state index contributed by atoms with van der Waals surface area (Å²) in [6.07, 6.45) is -0.0555. The first-order valence-electron chi connectivity index (χ1n) is 7.17. The van der Waals surface area contributed by atoms with E-state index in [-0.39, 0.29) is 18.4 Å². The molecule has 9 heteroatoms. The minimum atomic E-state index is -0.755. The van der Waals surface area contributed by atoms with E-state index in [0.29, 0.717) is 24.2 Å².